The van der Waals surface area contributed by atoms with Crippen LogP contribution in [0.25, 0.3) is 0 Å². The Labute approximate surface area is 142 Å². The van der Waals surface area contributed by atoms with Gasteiger partial charge in [-0.25, -0.2) is 0 Å². The third-order valence-electron chi connectivity index (χ3n) is 3.14. The number of benzene rings is 1. The van der Waals surface area contributed by atoms with Crippen LogP contribution < -0.4 is 16.4 Å². The van der Waals surface area contributed by atoms with Crippen molar-refractivity contribution in [2.75, 3.05) is 13.1 Å². The van der Waals surface area contributed by atoms with Gasteiger partial charge in [-0.3, -0.25) is 4.79 Å². The first-order valence-electron chi connectivity index (χ1n) is 7.48. The third kappa shape index (κ3) is 8.69. The van der Waals surface area contributed by atoms with Crippen molar-refractivity contribution < 1.29 is 4.79 Å². The number of unbranched alkanes of at least 4 members (excludes halogenated alkanes) is 3. The van der Waals surface area contributed by atoms with Gasteiger partial charge < -0.3 is 16.4 Å². The fourth-order valence-corrected chi connectivity index (χ4v) is 2.14. The molecule has 0 aromatic heterocycles. The molecule has 6 heteroatoms. The Bertz CT molecular complexity index is 491. The van der Waals surface area contributed by atoms with Crippen LogP contribution >= 0.6 is 24.4 Å². The van der Waals surface area contributed by atoms with Gasteiger partial charge in [0, 0.05) is 13.1 Å². The van der Waals surface area contributed by atoms with Gasteiger partial charge in [-0.1, -0.05) is 67.6 Å². The molecule has 4 N–H and O–H groups in total. The summed E-state index contributed by atoms with van der Waals surface area (Å²) in [5, 5.41) is 5.96. The average molecular weight is 338 g/mol. The van der Waals surface area contributed by atoms with Gasteiger partial charge in [-0.2, -0.15) is 0 Å². The molecule has 4 nitrogen and oxygen atoms in total. The fraction of sp³-hybridized carbons (Fsp3) is 0.438. The van der Waals surface area contributed by atoms with E-state index in [1.165, 1.54) is 0 Å². The maximum absolute atomic E-state index is 11.7. The zero-order valence-corrected chi connectivity index (χ0v) is 14.3. The Kier molecular flexibility index (Phi) is 9.34. The Balaban J connectivity index is 1.96. The van der Waals surface area contributed by atoms with Crippen molar-refractivity contribution in [2.24, 2.45) is 5.73 Å². The van der Waals surface area contributed by atoms with Crippen LogP contribution in [0.4, 0.5) is 0 Å². The quantitative estimate of drug-likeness (QED) is 0.476. The summed E-state index contributed by atoms with van der Waals surface area (Å²) in [6, 6.07) is 9.76. The van der Waals surface area contributed by atoms with Crippen LogP contribution in [-0.2, 0) is 11.2 Å². The van der Waals surface area contributed by atoms with Gasteiger partial charge in [0.05, 0.1) is 6.42 Å². The van der Waals surface area contributed by atoms with Gasteiger partial charge >= 0.3 is 0 Å². The SMILES string of the molecule is NC(=S)C(=S)NCCCCCCNC(=O)Cc1ccccc1. The summed E-state index contributed by atoms with van der Waals surface area (Å²) in [5.41, 5.74) is 6.43. The standard InChI is InChI=1S/C16H23N3OS2/c17-15(21)16(22)19-11-7-2-1-6-10-18-14(20)12-13-8-4-3-5-9-13/h3-5,8-9H,1-2,6-7,10-12H2,(H2,17,21)(H,18,20)(H,19,22). The molecule has 0 spiro atoms. The van der Waals surface area contributed by atoms with Gasteiger partial charge in [0.1, 0.15) is 9.98 Å². The van der Waals surface area contributed by atoms with Gasteiger partial charge in [0.2, 0.25) is 5.91 Å². The summed E-state index contributed by atoms with van der Waals surface area (Å²) in [7, 11) is 0. The van der Waals surface area contributed by atoms with Gasteiger partial charge in [0.15, 0.2) is 0 Å². The molecular formula is C16H23N3OS2. The molecule has 1 amide bonds. The minimum atomic E-state index is 0.0784. The molecule has 0 aliphatic carbocycles. The largest absolute Gasteiger partial charge is 0.388 e. The van der Waals surface area contributed by atoms with E-state index in [4.69, 9.17) is 30.2 Å². The number of thiocarbonyl (C=S) groups is 2. The molecule has 1 aromatic rings. The van der Waals surface area contributed by atoms with Crippen molar-refractivity contribution in [1.82, 2.24) is 10.6 Å². The number of carbonyl (C=O) groups excluding carboxylic acids is 1. The van der Waals surface area contributed by atoms with Crippen molar-refractivity contribution in [1.29, 1.82) is 0 Å². The lowest BCUT2D eigenvalue weighted by atomic mass is 10.1. The predicted molar refractivity (Wildman–Crippen MR) is 99.0 cm³/mol. The van der Waals surface area contributed by atoms with E-state index in [0.29, 0.717) is 11.4 Å². The minimum Gasteiger partial charge on any atom is -0.388 e. The zero-order chi connectivity index (χ0) is 16.2. The highest BCUT2D eigenvalue weighted by molar-refractivity contribution is 7.89. The molecular weight excluding hydrogens is 314 g/mol. The second-order valence-electron chi connectivity index (χ2n) is 5.05. The minimum absolute atomic E-state index is 0.0784. The Morgan fingerprint density at radius 2 is 1.55 bits per heavy atom. The molecule has 0 heterocycles. The molecule has 0 saturated heterocycles. The average Bonchev–Trinajstić information content (AvgIpc) is 2.50. The smallest absolute Gasteiger partial charge is 0.224 e. The Hall–Kier alpha value is -1.53. The van der Waals surface area contributed by atoms with Crippen molar-refractivity contribution in [2.45, 2.75) is 32.1 Å². The lowest BCUT2D eigenvalue weighted by Gasteiger charge is -2.07. The van der Waals surface area contributed by atoms with E-state index in [9.17, 15) is 4.79 Å². The number of nitrogens with two attached hydrogens (primary N) is 1. The molecule has 1 aromatic carbocycles. The predicted octanol–water partition coefficient (Wildman–Crippen LogP) is 2.11. The molecule has 0 aliphatic rings. The first-order chi connectivity index (χ1) is 10.6. The maximum Gasteiger partial charge on any atom is 0.224 e. The highest BCUT2D eigenvalue weighted by Gasteiger charge is 2.02. The third-order valence-corrected chi connectivity index (χ3v) is 3.84. The normalized spacial score (nSPS) is 10.0. The molecule has 0 atom stereocenters. The van der Waals surface area contributed by atoms with Gasteiger partial charge in [0.25, 0.3) is 0 Å². The molecule has 0 aliphatic heterocycles. The second kappa shape index (κ2) is 11.1. The van der Waals surface area contributed by atoms with E-state index in [1.807, 2.05) is 30.3 Å². The van der Waals surface area contributed by atoms with Crippen LogP contribution in [0.2, 0.25) is 0 Å². The van der Waals surface area contributed by atoms with Crippen molar-refractivity contribution in [3.8, 4) is 0 Å². The summed E-state index contributed by atoms with van der Waals surface area (Å²) < 4.78 is 0. The monoisotopic (exact) mass is 337 g/mol. The summed E-state index contributed by atoms with van der Waals surface area (Å²) in [6.45, 7) is 1.51. The summed E-state index contributed by atoms with van der Waals surface area (Å²) in [5.74, 6) is 0.0784. The Morgan fingerprint density at radius 1 is 0.955 bits per heavy atom. The molecule has 0 unspecified atom stereocenters. The second-order valence-corrected chi connectivity index (χ2v) is 5.89. The number of rotatable bonds is 9. The summed E-state index contributed by atoms with van der Waals surface area (Å²) in [6.07, 6.45) is 4.61. The molecule has 0 saturated carbocycles. The maximum atomic E-state index is 11.7. The topological polar surface area (TPSA) is 67.2 Å². The highest BCUT2D eigenvalue weighted by Crippen LogP contribution is 2.00. The summed E-state index contributed by atoms with van der Waals surface area (Å²) >= 11 is 9.71. The van der Waals surface area contributed by atoms with Crippen LogP contribution in [0, 0.1) is 0 Å². The van der Waals surface area contributed by atoms with E-state index in [-0.39, 0.29) is 10.9 Å². The van der Waals surface area contributed by atoms with Crippen LogP contribution in [-0.4, -0.2) is 29.0 Å². The number of nitrogens with one attached hydrogen (secondary N) is 2. The number of hydrogen-bond donors (Lipinski definition) is 3. The van der Waals surface area contributed by atoms with E-state index in [1.54, 1.807) is 0 Å². The molecule has 1 rings (SSSR count). The van der Waals surface area contributed by atoms with Crippen LogP contribution in [0.5, 0.6) is 0 Å². The number of carbonyl (C=O) groups is 1. The van der Waals surface area contributed by atoms with Crippen molar-refractivity contribution >= 4 is 40.3 Å². The van der Waals surface area contributed by atoms with E-state index >= 15 is 0 Å². The van der Waals surface area contributed by atoms with Crippen LogP contribution in [0.1, 0.15) is 31.2 Å². The molecule has 120 valence electrons. The molecule has 0 fully saturated rings. The first kappa shape index (κ1) is 18.5. The molecule has 0 bridgehead atoms. The number of amides is 1. The zero-order valence-electron chi connectivity index (χ0n) is 12.6. The van der Waals surface area contributed by atoms with Crippen LogP contribution in [0.15, 0.2) is 30.3 Å². The number of hydrogen-bond acceptors (Lipinski definition) is 3. The van der Waals surface area contributed by atoms with Gasteiger partial charge in [-0.15, -0.1) is 0 Å². The highest BCUT2D eigenvalue weighted by atomic mass is 32.1. The van der Waals surface area contributed by atoms with E-state index in [2.05, 4.69) is 10.6 Å². The fourth-order valence-electron chi connectivity index (χ4n) is 1.96. The Morgan fingerprint density at radius 3 is 2.14 bits per heavy atom. The van der Waals surface area contributed by atoms with E-state index in [0.717, 1.165) is 44.3 Å². The van der Waals surface area contributed by atoms with Crippen molar-refractivity contribution in [3.05, 3.63) is 35.9 Å². The van der Waals surface area contributed by atoms with Gasteiger partial charge in [-0.05, 0) is 18.4 Å². The first-order valence-corrected chi connectivity index (χ1v) is 8.29. The van der Waals surface area contributed by atoms with Crippen molar-refractivity contribution in [3.63, 3.8) is 0 Å². The van der Waals surface area contributed by atoms with Crippen LogP contribution in [0.3, 0.4) is 0 Å². The lowest BCUT2D eigenvalue weighted by molar-refractivity contribution is -0.120. The molecule has 22 heavy (non-hydrogen) atoms. The van der Waals surface area contributed by atoms with E-state index < -0.39 is 0 Å². The summed E-state index contributed by atoms with van der Waals surface area (Å²) in [4.78, 5) is 12.4. The molecule has 0 radical (unpaired) electrons. The lowest BCUT2D eigenvalue weighted by Crippen LogP contribution is -2.33.